The summed E-state index contributed by atoms with van der Waals surface area (Å²) in [6.45, 7) is 9.59. The third-order valence-corrected chi connectivity index (χ3v) is 4.18. The first-order chi connectivity index (χ1) is 8.16. The van der Waals surface area contributed by atoms with Crippen molar-refractivity contribution in [1.29, 1.82) is 0 Å². The van der Waals surface area contributed by atoms with Gasteiger partial charge in [-0.1, -0.05) is 6.92 Å². The number of carbonyl (C=O) groups excluding carboxylic acids is 1. The van der Waals surface area contributed by atoms with Crippen molar-refractivity contribution < 1.29 is 14.6 Å². The smallest absolute Gasteiger partial charge is 0.411 e. The molecule has 3 unspecified atom stereocenters. The van der Waals surface area contributed by atoms with Gasteiger partial charge in [-0.05, 0) is 52.9 Å². The molecule has 18 heavy (non-hydrogen) atoms. The fourth-order valence-corrected chi connectivity index (χ4v) is 3.55. The number of carbonyl (C=O) groups is 1. The van der Waals surface area contributed by atoms with Gasteiger partial charge in [-0.25, -0.2) is 4.79 Å². The second-order valence-corrected chi connectivity index (χ2v) is 7.03. The Kier molecular flexibility index (Phi) is 3.13. The van der Waals surface area contributed by atoms with Gasteiger partial charge in [-0.2, -0.15) is 0 Å². The van der Waals surface area contributed by atoms with E-state index in [2.05, 4.69) is 6.92 Å². The first kappa shape index (κ1) is 13.7. The summed E-state index contributed by atoms with van der Waals surface area (Å²) in [4.78, 5) is 14.1. The Morgan fingerprint density at radius 2 is 2.06 bits per heavy atom. The van der Waals surface area contributed by atoms with Crippen molar-refractivity contribution in [3.8, 4) is 0 Å². The van der Waals surface area contributed by atoms with E-state index in [1.807, 2.05) is 20.8 Å². The minimum Gasteiger partial charge on any atom is -0.444 e. The Bertz CT molecular complexity index is 347. The van der Waals surface area contributed by atoms with E-state index in [1.165, 1.54) is 0 Å². The fourth-order valence-electron chi connectivity index (χ4n) is 3.55. The maximum atomic E-state index is 12.3. The van der Waals surface area contributed by atoms with Crippen LogP contribution in [0.25, 0.3) is 0 Å². The molecule has 3 aliphatic rings. The van der Waals surface area contributed by atoms with Gasteiger partial charge < -0.3 is 9.84 Å². The van der Waals surface area contributed by atoms with Crippen LogP contribution in [-0.4, -0.2) is 39.4 Å². The minimum absolute atomic E-state index is 0.248. The van der Waals surface area contributed by atoms with Gasteiger partial charge in [-0.3, -0.25) is 4.90 Å². The highest BCUT2D eigenvalue weighted by atomic mass is 16.6. The lowest BCUT2D eigenvalue weighted by Gasteiger charge is -2.64. The molecule has 3 fully saturated rings. The van der Waals surface area contributed by atoms with Crippen molar-refractivity contribution >= 4 is 6.09 Å². The lowest BCUT2D eigenvalue weighted by Crippen LogP contribution is -2.75. The van der Waals surface area contributed by atoms with Gasteiger partial charge in [0.2, 0.25) is 0 Å². The molecule has 0 radical (unpaired) electrons. The summed E-state index contributed by atoms with van der Waals surface area (Å²) < 4.78 is 5.46. The van der Waals surface area contributed by atoms with Crippen molar-refractivity contribution in [3.63, 3.8) is 0 Å². The molecule has 104 valence electrons. The number of aliphatic hydroxyl groups excluding tert-OH is 1. The molecule has 1 N–H and O–H groups in total. The van der Waals surface area contributed by atoms with Crippen LogP contribution < -0.4 is 0 Å². The summed E-state index contributed by atoms with van der Waals surface area (Å²) in [7, 11) is 0. The number of amides is 1. The van der Waals surface area contributed by atoms with Crippen LogP contribution in [-0.2, 0) is 4.74 Å². The van der Waals surface area contributed by atoms with Gasteiger partial charge >= 0.3 is 6.09 Å². The van der Waals surface area contributed by atoms with Crippen LogP contribution in [0, 0.1) is 5.92 Å². The minimum atomic E-state index is -0.496. The Morgan fingerprint density at radius 1 is 1.44 bits per heavy atom. The molecular formula is C14H25NO3. The maximum Gasteiger partial charge on any atom is 0.411 e. The zero-order valence-electron chi connectivity index (χ0n) is 12.1. The molecule has 4 atom stereocenters. The number of piperidine rings is 1. The van der Waals surface area contributed by atoms with Gasteiger partial charge in [0.1, 0.15) is 5.60 Å². The maximum absolute atomic E-state index is 12.3. The molecule has 0 aromatic heterocycles. The van der Waals surface area contributed by atoms with E-state index >= 15 is 0 Å². The lowest BCUT2D eigenvalue weighted by molar-refractivity contribution is -0.167. The van der Waals surface area contributed by atoms with Crippen molar-refractivity contribution in [3.05, 3.63) is 0 Å². The summed E-state index contributed by atoms with van der Waals surface area (Å²) in [6, 6.07) is 0.248. The highest BCUT2D eigenvalue weighted by molar-refractivity contribution is 5.71. The van der Waals surface area contributed by atoms with E-state index in [0.717, 1.165) is 19.3 Å². The fraction of sp³-hybridized carbons (Fsp3) is 0.929. The Hall–Kier alpha value is -0.770. The highest BCUT2D eigenvalue weighted by Crippen LogP contribution is 2.51. The predicted octanol–water partition coefficient (Wildman–Crippen LogP) is 2.55. The van der Waals surface area contributed by atoms with Gasteiger partial charge in [-0.15, -0.1) is 0 Å². The number of rotatable bonds is 1. The third-order valence-electron chi connectivity index (χ3n) is 4.18. The second kappa shape index (κ2) is 4.12. The SMILES string of the molecule is CC1CC2CC([C@@H](C)O)(C1)N2C(=O)OC(C)(C)C. The number of hydrogen-bond acceptors (Lipinski definition) is 3. The molecule has 0 aromatic carbocycles. The van der Waals surface area contributed by atoms with Crippen LogP contribution in [0.5, 0.6) is 0 Å². The number of nitrogens with zero attached hydrogens (tertiary/aromatic N) is 1. The molecule has 0 aromatic rings. The van der Waals surface area contributed by atoms with Crippen molar-refractivity contribution in [2.24, 2.45) is 5.92 Å². The van der Waals surface area contributed by atoms with Crippen molar-refractivity contribution in [2.75, 3.05) is 0 Å². The number of aliphatic hydroxyl groups is 1. The molecule has 1 aliphatic carbocycles. The largest absolute Gasteiger partial charge is 0.444 e. The van der Waals surface area contributed by atoms with Crippen LogP contribution in [0.2, 0.25) is 0 Å². The van der Waals surface area contributed by atoms with E-state index < -0.39 is 11.7 Å². The van der Waals surface area contributed by atoms with E-state index in [9.17, 15) is 9.90 Å². The molecule has 3 rings (SSSR count). The molecule has 2 aliphatic heterocycles. The first-order valence-electron chi connectivity index (χ1n) is 6.86. The van der Waals surface area contributed by atoms with Gasteiger partial charge in [0.25, 0.3) is 0 Å². The standard InChI is InChI=1S/C14H25NO3/c1-9-6-11-8-14(7-9,10(2)16)15(11)12(17)18-13(3,4)5/h9-11,16H,6-8H2,1-5H3/t9?,10-,11?,14?/m1/s1. The van der Waals surface area contributed by atoms with Gasteiger partial charge in [0.05, 0.1) is 11.6 Å². The van der Waals surface area contributed by atoms with Crippen LogP contribution in [0.1, 0.15) is 53.9 Å². The second-order valence-electron chi connectivity index (χ2n) is 7.03. The topological polar surface area (TPSA) is 49.8 Å². The summed E-state index contributed by atoms with van der Waals surface area (Å²) in [5.74, 6) is 0.567. The van der Waals surface area contributed by atoms with E-state index in [0.29, 0.717) is 5.92 Å². The molecule has 4 nitrogen and oxygen atoms in total. The highest BCUT2D eigenvalue weighted by Gasteiger charge is 2.61. The Labute approximate surface area is 109 Å². The summed E-state index contributed by atoms with van der Waals surface area (Å²) in [5, 5.41) is 10.1. The average molecular weight is 255 g/mol. The quantitative estimate of drug-likeness (QED) is 0.783. The molecule has 4 heteroatoms. The third kappa shape index (κ3) is 2.11. The van der Waals surface area contributed by atoms with Gasteiger partial charge in [0.15, 0.2) is 0 Å². The van der Waals surface area contributed by atoms with Gasteiger partial charge in [0, 0.05) is 6.04 Å². The number of ether oxygens (including phenoxy) is 1. The molecule has 1 saturated carbocycles. The molecule has 2 heterocycles. The molecular weight excluding hydrogens is 230 g/mol. The normalized spacial score (nSPS) is 36.9. The molecule has 2 saturated heterocycles. The Balaban J connectivity index is 2.16. The monoisotopic (exact) mass is 255 g/mol. The summed E-state index contributed by atoms with van der Waals surface area (Å²) in [5.41, 5.74) is -0.864. The van der Waals surface area contributed by atoms with E-state index in [-0.39, 0.29) is 17.7 Å². The average Bonchev–Trinajstić information content (AvgIpc) is 2.12. The van der Waals surface area contributed by atoms with Crippen LogP contribution in [0.15, 0.2) is 0 Å². The van der Waals surface area contributed by atoms with Crippen LogP contribution in [0.3, 0.4) is 0 Å². The van der Waals surface area contributed by atoms with Crippen molar-refractivity contribution in [1.82, 2.24) is 4.90 Å². The molecule has 2 bridgehead atoms. The predicted molar refractivity (Wildman–Crippen MR) is 69.3 cm³/mol. The van der Waals surface area contributed by atoms with Crippen molar-refractivity contribution in [2.45, 2.75) is 77.2 Å². The molecule has 1 amide bonds. The Morgan fingerprint density at radius 3 is 2.56 bits per heavy atom. The summed E-state index contributed by atoms with van der Waals surface area (Å²) >= 11 is 0. The first-order valence-corrected chi connectivity index (χ1v) is 6.86. The lowest BCUT2D eigenvalue weighted by atomic mass is 9.62. The summed E-state index contributed by atoms with van der Waals surface area (Å²) in [6.07, 6.45) is 2.04. The van der Waals surface area contributed by atoms with Crippen LogP contribution >= 0.6 is 0 Å². The molecule has 0 spiro atoms. The van der Waals surface area contributed by atoms with Crippen LogP contribution in [0.4, 0.5) is 4.79 Å². The number of fused-ring (bicyclic) bond motifs is 2. The zero-order chi connectivity index (χ0) is 13.7. The van der Waals surface area contributed by atoms with E-state index in [4.69, 9.17) is 4.74 Å². The zero-order valence-corrected chi connectivity index (χ0v) is 12.1. The number of hydrogen-bond donors (Lipinski definition) is 1. The van der Waals surface area contributed by atoms with E-state index in [1.54, 1.807) is 11.8 Å².